The molecule has 1 aromatic rings. The van der Waals surface area contributed by atoms with Crippen LogP contribution < -0.4 is 5.32 Å². The van der Waals surface area contributed by atoms with Gasteiger partial charge in [-0.3, -0.25) is 10.1 Å². The van der Waals surface area contributed by atoms with Crippen LogP contribution >= 0.6 is 11.3 Å². The Bertz CT molecular complexity index is 499. The highest BCUT2D eigenvalue weighted by atomic mass is 32.1. The first kappa shape index (κ1) is 16.6. The summed E-state index contributed by atoms with van der Waals surface area (Å²) in [5.74, 6) is -15.3. The van der Waals surface area contributed by atoms with Crippen LogP contribution in [0.25, 0.3) is 0 Å². The lowest BCUT2D eigenvalue weighted by Gasteiger charge is -2.26. The maximum Gasteiger partial charge on any atom is 0.460 e. The Balaban J connectivity index is 2.95. The summed E-state index contributed by atoms with van der Waals surface area (Å²) >= 11 is 0.582. The van der Waals surface area contributed by atoms with E-state index in [0.717, 1.165) is 0 Å². The van der Waals surface area contributed by atoms with Gasteiger partial charge in [0, 0.05) is 0 Å². The summed E-state index contributed by atoms with van der Waals surface area (Å²) in [5.41, 5.74) is 0. The van der Waals surface area contributed by atoms with Crippen LogP contribution in [0.5, 0.6) is 0 Å². The molecule has 0 saturated heterocycles. The zero-order valence-corrected chi connectivity index (χ0v) is 10.4. The van der Waals surface area contributed by atoms with E-state index in [1.165, 1.54) is 5.32 Å². The molecule has 0 saturated carbocycles. The molecule has 20 heavy (non-hydrogen) atoms. The lowest BCUT2D eigenvalue weighted by molar-refractivity contribution is -0.343. The molecule has 1 heterocycles. The lowest BCUT2D eigenvalue weighted by atomic mass is 10.1. The molecule has 0 unspecified atom stereocenters. The molecule has 0 aliphatic heterocycles. The predicted molar refractivity (Wildman–Crippen MR) is 53.9 cm³/mol. The molecule has 12 heteroatoms. The number of carbonyl (C=O) groups excluding carboxylic acids is 1. The zero-order valence-electron chi connectivity index (χ0n) is 9.56. The van der Waals surface area contributed by atoms with E-state index < -0.39 is 29.1 Å². The first-order valence-corrected chi connectivity index (χ1v) is 5.71. The summed E-state index contributed by atoms with van der Waals surface area (Å²) in [5, 5.41) is 7.42. The van der Waals surface area contributed by atoms with Crippen LogP contribution in [0.3, 0.4) is 0 Å². The summed E-state index contributed by atoms with van der Waals surface area (Å²) in [7, 11) is 0. The highest BCUT2D eigenvalue weighted by Crippen LogP contribution is 2.46. The predicted octanol–water partition coefficient (Wildman–Crippen LogP) is 2.87. The van der Waals surface area contributed by atoms with Crippen molar-refractivity contribution >= 4 is 22.4 Å². The monoisotopic (exact) mass is 325 g/mol. The van der Waals surface area contributed by atoms with Gasteiger partial charge in [-0.25, -0.2) is 0 Å². The molecule has 4 nitrogen and oxygen atoms in total. The normalized spacial score (nSPS) is 13.4. The van der Waals surface area contributed by atoms with Gasteiger partial charge in [0.05, 0.1) is 0 Å². The van der Waals surface area contributed by atoms with Crippen LogP contribution in [0, 0.1) is 0 Å². The van der Waals surface area contributed by atoms with Gasteiger partial charge in [-0.15, -0.1) is 10.2 Å². The van der Waals surface area contributed by atoms with Gasteiger partial charge in [-0.2, -0.15) is 30.7 Å². The Hall–Kier alpha value is -1.46. The topological polar surface area (TPSA) is 54.9 Å². The van der Waals surface area contributed by atoms with Crippen molar-refractivity contribution in [3.63, 3.8) is 0 Å². The number of alkyl halides is 7. The molecule has 0 bridgehead atoms. The summed E-state index contributed by atoms with van der Waals surface area (Å²) in [6, 6.07) is 0. The van der Waals surface area contributed by atoms with Gasteiger partial charge < -0.3 is 0 Å². The molecule has 0 aliphatic carbocycles. The molecule has 0 spiro atoms. The van der Waals surface area contributed by atoms with Crippen molar-refractivity contribution in [2.45, 2.75) is 31.4 Å². The van der Waals surface area contributed by atoms with E-state index in [1.54, 1.807) is 6.92 Å². The third-order valence-electron chi connectivity index (χ3n) is 2.03. The fraction of sp³-hybridized carbons (Fsp3) is 0.625. The fourth-order valence-electron chi connectivity index (χ4n) is 0.943. The minimum Gasteiger partial charge on any atom is -0.295 e. The van der Waals surface area contributed by atoms with Crippen LogP contribution in [0.1, 0.15) is 11.9 Å². The first-order valence-electron chi connectivity index (χ1n) is 4.89. The molecule has 0 atom stereocenters. The summed E-state index contributed by atoms with van der Waals surface area (Å²) in [4.78, 5) is 10.9. The van der Waals surface area contributed by atoms with E-state index >= 15 is 0 Å². The molecule has 0 fully saturated rings. The second kappa shape index (κ2) is 5.14. The van der Waals surface area contributed by atoms with Gasteiger partial charge in [0.25, 0.3) is 0 Å². The highest BCUT2D eigenvalue weighted by molar-refractivity contribution is 7.15. The average molecular weight is 325 g/mol. The number of nitrogens with zero attached hydrogens (tertiary/aromatic N) is 2. The molecular weight excluding hydrogens is 319 g/mol. The van der Waals surface area contributed by atoms with Gasteiger partial charge >= 0.3 is 23.9 Å². The SMILES string of the molecule is CCc1nnc(NC(=O)C(F)(F)C(F)(F)C(F)(F)F)s1. The van der Waals surface area contributed by atoms with Crippen LogP contribution in [0.2, 0.25) is 0 Å². The van der Waals surface area contributed by atoms with E-state index in [0.29, 0.717) is 17.8 Å². The van der Waals surface area contributed by atoms with Crippen molar-refractivity contribution < 1.29 is 35.5 Å². The second-order valence-electron chi connectivity index (χ2n) is 3.46. The van der Waals surface area contributed by atoms with Gasteiger partial charge in [0.15, 0.2) is 0 Å². The van der Waals surface area contributed by atoms with Crippen molar-refractivity contribution in [2.24, 2.45) is 0 Å². The molecule has 0 aliphatic rings. The standard InChI is InChI=1S/C8H6F7N3OS/c1-2-3-17-18-5(20-3)16-4(19)6(9,10)7(11,12)8(13,14)15/h2H2,1H3,(H,16,18,19). The maximum atomic E-state index is 12.9. The van der Waals surface area contributed by atoms with Crippen molar-refractivity contribution in [3.8, 4) is 0 Å². The highest BCUT2D eigenvalue weighted by Gasteiger charge is 2.76. The quantitative estimate of drug-likeness (QED) is 0.866. The van der Waals surface area contributed by atoms with Crippen LogP contribution in [-0.2, 0) is 11.2 Å². The Labute approximate surface area is 111 Å². The second-order valence-corrected chi connectivity index (χ2v) is 4.52. The summed E-state index contributed by atoms with van der Waals surface area (Å²) in [6.07, 6.45) is -6.24. The zero-order chi connectivity index (χ0) is 15.8. The molecule has 114 valence electrons. The first-order chi connectivity index (χ1) is 8.93. The minimum atomic E-state index is -6.57. The molecule has 0 radical (unpaired) electrons. The number of halogens is 7. The number of carbonyl (C=O) groups is 1. The van der Waals surface area contributed by atoms with Crippen LogP contribution in [0.15, 0.2) is 0 Å². The lowest BCUT2D eigenvalue weighted by Crippen LogP contribution is -2.57. The number of hydrogen-bond donors (Lipinski definition) is 1. The molecular formula is C8H6F7N3OS. The van der Waals surface area contributed by atoms with Crippen molar-refractivity contribution in [1.29, 1.82) is 0 Å². The number of amides is 1. The smallest absolute Gasteiger partial charge is 0.295 e. The number of aryl methyl sites for hydroxylation is 1. The number of hydrogen-bond acceptors (Lipinski definition) is 4. The molecule has 1 rings (SSSR count). The van der Waals surface area contributed by atoms with Gasteiger partial charge in [0.1, 0.15) is 5.01 Å². The van der Waals surface area contributed by atoms with Gasteiger partial charge in [-0.1, -0.05) is 18.3 Å². The number of anilines is 1. The number of nitrogens with one attached hydrogen (secondary N) is 1. The summed E-state index contributed by atoms with van der Waals surface area (Å²) < 4.78 is 86.6. The van der Waals surface area contributed by atoms with E-state index in [9.17, 15) is 35.5 Å². The average Bonchev–Trinajstić information content (AvgIpc) is 2.74. The third-order valence-corrected chi connectivity index (χ3v) is 3.01. The summed E-state index contributed by atoms with van der Waals surface area (Å²) in [6.45, 7) is 1.61. The minimum absolute atomic E-state index is 0.284. The molecule has 1 N–H and O–H groups in total. The Morgan fingerprint density at radius 1 is 1.15 bits per heavy atom. The van der Waals surface area contributed by atoms with E-state index in [1.807, 2.05) is 0 Å². The van der Waals surface area contributed by atoms with Crippen LogP contribution in [-0.4, -0.2) is 34.1 Å². The largest absolute Gasteiger partial charge is 0.460 e. The Morgan fingerprint density at radius 3 is 2.10 bits per heavy atom. The van der Waals surface area contributed by atoms with Crippen LogP contribution in [0.4, 0.5) is 35.9 Å². The van der Waals surface area contributed by atoms with Crippen molar-refractivity contribution in [1.82, 2.24) is 10.2 Å². The number of aromatic nitrogens is 2. The molecule has 1 amide bonds. The third kappa shape index (κ3) is 2.83. The Kier molecular flexibility index (Phi) is 4.27. The number of rotatable bonds is 4. The van der Waals surface area contributed by atoms with E-state index in [2.05, 4.69) is 10.2 Å². The Morgan fingerprint density at radius 2 is 1.70 bits per heavy atom. The van der Waals surface area contributed by atoms with E-state index in [-0.39, 0.29) is 5.01 Å². The maximum absolute atomic E-state index is 12.9. The van der Waals surface area contributed by atoms with Gasteiger partial charge in [-0.05, 0) is 6.42 Å². The van der Waals surface area contributed by atoms with Crippen molar-refractivity contribution in [3.05, 3.63) is 5.01 Å². The fourth-order valence-corrected chi connectivity index (χ4v) is 1.62. The van der Waals surface area contributed by atoms with Gasteiger partial charge in [0.2, 0.25) is 5.13 Å². The van der Waals surface area contributed by atoms with E-state index in [4.69, 9.17) is 0 Å². The molecule has 0 aromatic carbocycles. The molecule has 1 aromatic heterocycles. The van der Waals surface area contributed by atoms with Crippen molar-refractivity contribution in [2.75, 3.05) is 5.32 Å².